The molecule has 3 nitrogen and oxygen atoms in total. The molecule has 0 radical (unpaired) electrons. The largest absolute Gasteiger partial charge is 0.484 e. The molecule has 1 rings (SSSR count). The van der Waals surface area contributed by atoms with Crippen molar-refractivity contribution in [1.82, 2.24) is 4.90 Å². The van der Waals surface area contributed by atoms with Crippen molar-refractivity contribution < 1.29 is 9.53 Å². The van der Waals surface area contributed by atoms with Gasteiger partial charge in [-0.15, -0.1) is 11.6 Å². The summed E-state index contributed by atoms with van der Waals surface area (Å²) in [5.41, 5.74) is 0. The quantitative estimate of drug-likeness (QED) is 0.731. The molecule has 0 bridgehead atoms. The second kappa shape index (κ2) is 7.17. The standard InChI is InChI=1S/C13H18ClNO2/c1-11(2)15(9-8-14)13(16)10-17-12-6-4-3-5-7-12/h3-7,11H,8-10H2,1-2H3. The Morgan fingerprint density at radius 1 is 1.35 bits per heavy atom. The fourth-order valence-corrected chi connectivity index (χ4v) is 1.69. The van der Waals surface area contributed by atoms with Crippen LogP contribution in [0.25, 0.3) is 0 Å². The van der Waals surface area contributed by atoms with E-state index in [0.29, 0.717) is 18.2 Å². The van der Waals surface area contributed by atoms with Gasteiger partial charge in [-0.3, -0.25) is 4.79 Å². The van der Waals surface area contributed by atoms with Crippen LogP contribution in [0.15, 0.2) is 30.3 Å². The van der Waals surface area contributed by atoms with Crippen LogP contribution in [0.4, 0.5) is 0 Å². The number of alkyl halides is 1. The zero-order valence-electron chi connectivity index (χ0n) is 10.2. The van der Waals surface area contributed by atoms with Gasteiger partial charge in [-0.1, -0.05) is 18.2 Å². The lowest BCUT2D eigenvalue weighted by atomic mass is 10.3. The number of rotatable bonds is 6. The number of halogens is 1. The lowest BCUT2D eigenvalue weighted by Crippen LogP contribution is -2.41. The summed E-state index contributed by atoms with van der Waals surface area (Å²) in [6, 6.07) is 9.45. The van der Waals surface area contributed by atoms with Gasteiger partial charge in [-0.05, 0) is 26.0 Å². The van der Waals surface area contributed by atoms with Gasteiger partial charge in [-0.25, -0.2) is 0 Å². The summed E-state index contributed by atoms with van der Waals surface area (Å²) in [6.07, 6.45) is 0. The molecule has 17 heavy (non-hydrogen) atoms. The zero-order valence-corrected chi connectivity index (χ0v) is 11.0. The summed E-state index contributed by atoms with van der Waals surface area (Å²) in [7, 11) is 0. The second-order valence-electron chi connectivity index (χ2n) is 3.97. The lowest BCUT2D eigenvalue weighted by molar-refractivity contribution is -0.134. The molecule has 0 saturated carbocycles. The van der Waals surface area contributed by atoms with Crippen LogP contribution in [0.1, 0.15) is 13.8 Å². The highest BCUT2D eigenvalue weighted by molar-refractivity contribution is 6.18. The first-order valence-corrected chi connectivity index (χ1v) is 6.22. The monoisotopic (exact) mass is 255 g/mol. The van der Waals surface area contributed by atoms with Crippen LogP contribution in [0.2, 0.25) is 0 Å². The van der Waals surface area contributed by atoms with Crippen molar-refractivity contribution in [2.75, 3.05) is 19.0 Å². The van der Waals surface area contributed by atoms with Crippen LogP contribution in [-0.2, 0) is 4.79 Å². The molecule has 94 valence electrons. The molecule has 1 aromatic carbocycles. The Morgan fingerprint density at radius 3 is 2.53 bits per heavy atom. The average Bonchev–Trinajstić information content (AvgIpc) is 2.34. The maximum Gasteiger partial charge on any atom is 0.260 e. The minimum Gasteiger partial charge on any atom is -0.484 e. The fourth-order valence-electron chi connectivity index (χ4n) is 1.51. The highest BCUT2D eigenvalue weighted by atomic mass is 35.5. The Kier molecular flexibility index (Phi) is 5.84. The summed E-state index contributed by atoms with van der Waals surface area (Å²) in [4.78, 5) is 13.6. The highest BCUT2D eigenvalue weighted by Crippen LogP contribution is 2.09. The normalized spacial score (nSPS) is 10.4. The number of hydrogen-bond donors (Lipinski definition) is 0. The maximum atomic E-state index is 11.9. The van der Waals surface area contributed by atoms with Crippen LogP contribution >= 0.6 is 11.6 Å². The van der Waals surface area contributed by atoms with Gasteiger partial charge in [0, 0.05) is 18.5 Å². The average molecular weight is 256 g/mol. The van der Waals surface area contributed by atoms with Crippen LogP contribution in [-0.4, -0.2) is 35.9 Å². The molecule has 1 amide bonds. The van der Waals surface area contributed by atoms with E-state index >= 15 is 0 Å². The number of carbonyl (C=O) groups is 1. The molecule has 0 spiro atoms. The summed E-state index contributed by atoms with van der Waals surface area (Å²) in [6.45, 7) is 4.54. The van der Waals surface area contributed by atoms with Gasteiger partial charge in [0.25, 0.3) is 5.91 Å². The SMILES string of the molecule is CC(C)N(CCCl)C(=O)COc1ccccc1. The molecule has 0 fully saturated rings. The van der Waals surface area contributed by atoms with Gasteiger partial charge in [0.1, 0.15) is 5.75 Å². The third-order valence-corrected chi connectivity index (χ3v) is 2.54. The summed E-state index contributed by atoms with van der Waals surface area (Å²) >= 11 is 5.67. The van der Waals surface area contributed by atoms with Gasteiger partial charge >= 0.3 is 0 Å². The molecule has 0 heterocycles. The van der Waals surface area contributed by atoms with Gasteiger partial charge in [0.15, 0.2) is 6.61 Å². The smallest absolute Gasteiger partial charge is 0.260 e. The van der Waals surface area contributed by atoms with Gasteiger partial charge in [-0.2, -0.15) is 0 Å². The third-order valence-electron chi connectivity index (χ3n) is 2.37. The Hall–Kier alpha value is -1.22. The van der Waals surface area contributed by atoms with E-state index in [2.05, 4.69) is 0 Å². The van der Waals surface area contributed by atoms with Gasteiger partial charge < -0.3 is 9.64 Å². The van der Waals surface area contributed by atoms with Crippen LogP contribution in [0.5, 0.6) is 5.75 Å². The molecule has 0 unspecified atom stereocenters. The molecule has 0 N–H and O–H groups in total. The molecular formula is C13H18ClNO2. The minimum absolute atomic E-state index is 0.0375. The molecule has 0 aliphatic heterocycles. The Balaban J connectivity index is 2.47. The number of hydrogen-bond acceptors (Lipinski definition) is 2. The molecule has 0 saturated heterocycles. The van der Waals surface area contributed by atoms with E-state index in [1.165, 1.54) is 0 Å². The number of amides is 1. The van der Waals surface area contributed by atoms with E-state index in [1.807, 2.05) is 44.2 Å². The summed E-state index contributed by atoms with van der Waals surface area (Å²) in [5.74, 6) is 1.11. The highest BCUT2D eigenvalue weighted by Gasteiger charge is 2.16. The first kappa shape index (κ1) is 13.8. The van der Waals surface area contributed by atoms with Crippen LogP contribution in [0.3, 0.4) is 0 Å². The van der Waals surface area contributed by atoms with Crippen molar-refractivity contribution in [3.63, 3.8) is 0 Å². The molecule has 0 aromatic heterocycles. The first-order chi connectivity index (χ1) is 8.15. The third kappa shape index (κ3) is 4.65. The second-order valence-corrected chi connectivity index (χ2v) is 4.35. The lowest BCUT2D eigenvalue weighted by Gasteiger charge is -2.25. The molecule has 4 heteroatoms. The summed E-state index contributed by atoms with van der Waals surface area (Å²) in [5, 5.41) is 0. The first-order valence-electron chi connectivity index (χ1n) is 5.68. The maximum absolute atomic E-state index is 11.9. The van der Waals surface area contributed by atoms with Crippen molar-refractivity contribution >= 4 is 17.5 Å². The van der Waals surface area contributed by atoms with E-state index in [4.69, 9.17) is 16.3 Å². The van der Waals surface area contributed by atoms with Crippen LogP contribution in [0, 0.1) is 0 Å². The van der Waals surface area contributed by atoms with E-state index in [-0.39, 0.29) is 18.6 Å². The van der Waals surface area contributed by atoms with E-state index in [1.54, 1.807) is 4.90 Å². The summed E-state index contributed by atoms with van der Waals surface area (Å²) < 4.78 is 5.41. The molecule has 0 aliphatic rings. The molecule has 0 aliphatic carbocycles. The molecule has 0 atom stereocenters. The van der Waals surface area contributed by atoms with Crippen LogP contribution < -0.4 is 4.74 Å². The number of ether oxygens (including phenoxy) is 1. The van der Waals surface area contributed by atoms with Crippen molar-refractivity contribution in [2.45, 2.75) is 19.9 Å². The fraction of sp³-hybridized carbons (Fsp3) is 0.462. The van der Waals surface area contributed by atoms with Crippen molar-refractivity contribution in [3.8, 4) is 5.75 Å². The predicted molar refractivity (Wildman–Crippen MR) is 69.5 cm³/mol. The van der Waals surface area contributed by atoms with E-state index in [0.717, 1.165) is 0 Å². The van der Waals surface area contributed by atoms with Crippen molar-refractivity contribution in [3.05, 3.63) is 30.3 Å². The minimum atomic E-state index is -0.0375. The van der Waals surface area contributed by atoms with Crippen molar-refractivity contribution in [2.24, 2.45) is 0 Å². The Labute approximate surface area is 107 Å². The van der Waals surface area contributed by atoms with Gasteiger partial charge in [0.2, 0.25) is 0 Å². The van der Waals surface area contributed by atoms with E-state index < -0.39 is 0 Å². The van der Waals surface area contributed by atoms with Gasteiger partial charge in [0.05, 0.1) is 0 Å². The molecule has 1 aromatic rings. The Morgan fingerprint density at radius 2 is 2.00 bits per heavy atom. The van der Waals surface area contributed by atoms with E-state index in [9.17, 15) is 4.79 Å². The molecular weight excluding hydrogens is 238 g/mol. The predicted octanol–water partition coefficient (Wildman–Crippen LogP) is 2.54. The number of benzene rings is 1. The topological polar surface area (TPSA) is 29.5 Å². The number of nitrogens with zero attached hydrogens (tertiary/aromatic N) is 1. The van der Waals surface area contributed by atoms with Crippen molar-refractivity contribution in [1.29, 1.82) is 0 Å². The number of carbonyl (C=O) groups excluding carboxylic acids is 1. The Bertz CT molecular complexity index is 341. The zero-order chi connectivity index (χ0) is 12.7. The number of para-hydroxylation sites is 1.